The lowest BCUT2D eigenvalue weighted by Crippen LogP contribution is -2.50. The second kappa shape index (κ2) is 9.14. The van der Waals surface area contributed by atoms with E-state index in [1.54, 1.807) is 21.1 Å². The Hall–Kier alpha value is -2.20. The molecule has 152 valence electrons. The number of hydrogen-bond acceptors (Lipinski definition) is 7. The zero-order valence-electron chi connectivity index (χ0n) is 16.5. The average molecular weight is 382 g/mol. The van der Waals surface area contributed by atoms with Crippen LogP contribution in [0.3, 0.4) is 0 Å². The molecule has 0 saturated carbocycles. The number of rotatable bonds is 9. The van der Waals surface area contributed by atoms with E-state index in [2.05, 4.69) is 21.0 Å². The van der Waals surface area contributed by atoms with Crippen LogP contribution in [0.1, 0.15) is 31.9 Å². The predicted molar refractivity (Wildman–Crippen MR) is 102 cm³/mol. The van der Waals surface area contributed by atoms with Crippen molar-refractivity contribution in [1.82, 2.24) is 20.4 Å². The summed E-state index contributed by atoms with van der Waals surface area (Å²) in [6.45, 7) is 6.35. The summed E-state index contributed by atoms with van der Waals surface area (Å²) in [7, 11) is 3.29. The first-order chi connectivity index (χ1) is 12.8. The van der Waals surface area contributed by atoms with Gasteiger partial charge in [0, 0.05) is 26.1 Å². The van der Waals surface area contributed by atoms with Gasteiger partial charge in [-0.05, 0) is 39.3 Å². The maximum absolute atomic E-state index is 12.7. The van der Waals surface area contributed by atoms with E-state index in [9.17, 15) is 14.9 Å². The molecule has 0 spiro atoms. The van der Waals surface area contributed by atoms with Gasteiger partial charge < -0.3 is 20.7 Å². The summed E-state index contributed by atoms with van der Waals surface area (Å²) in [6, 6.07) is -0.584. The van der Waals surface area contributed by atoms with E-state index in [-0.39, 0.29) is 22.8 Å². The first-order valence-corrected chi connectivity index (χ1v) is 9.25. The number of nitrogens with zero attached hydrogens (tertiary/aromatic N) is 3. The SMILES string of the molecule is CCC(Nc1c([N+](=O)[O-])c(C)nn1C)C(=O)NCC1(COC)CCNCC1. The zero-order valence-corrected chi connectivity index (χ0v) is 16.5. The monoisotopic (exact) mass is 382 g/mol. The van der Waals surface area contributed by atoms with E-state index < -0.39 is 11.0 Å². The smallest absolute Gasteiger partial charge is 0.333 e. The maximum Gasteiger partial charge on any atom is 0.333 e. The number of aromatic nitrogens is 2. The summed E-state index contributed by atoms with van der Waals surface area (Å²) >= 11 is 0. The Labute approximate surface area is 159 Å². The minimum Gasteiger partial charge on any atom is -0.384 e. The lowest BCUT2D eigenvalue weighted by atomic mass is 9.79. The van der Waals surface area contributed by atoms with E-state index in [0.717, 1.165) is 25.9 Å². The first kappa shape index (κ1) is 21.1. The lowest BCUT2D eigenvalue weighted by molar-refractivity contribution is -0.384. The van der Waals surface area contributed by atoms with Gasteiger partial charge in [0.05, 0.1) is 11.5 Å². The van der Waals surface area contributed by atoms with Crippen molar-refractivity contribution in [2.24, 2.45) is 12.5 Å². The second-order valence-electron chi connectivity index (χ2n) is 7.17. The average Bonchev–Trinajstić information content (AvgIpc) is 2.92. The zero-order chi connectivity index (χ0) is 20.0. The molecule has 1 fully saturated rings. The van der Waals surface area contributed by atoms with Gasteiger partial charge >= 0.3 is 5.69 Å². The highest BCUT2D eigenvalue weighted by Gasteiger charge is 2.34. The number of nitrogens with one attached hydrogen (secondary N) is 3. The Balaban J connectivity index is 2.07. The van der Waals surface area contributed by atoms with Crippen molar-refractivity contribution in [3.63, 3.8) is 0 Å². The van der Waals surface area contributed by atoms with Gasteiger partial charge in [0.15, 0.2) is 0 Å². The summed E-state index contributed by atoms with van der Waals surface area (Å²) in [5, 5.41) is 24.8. The van der Waals surface area contributed by atoms with E-state index >= 15 is 0 Å². The van der Waals surface area contributed by atoms with Crippen molar-refractivity contribution in [2.75, 3.05) is 38.7 Å². The molecule has 2 rings (SSSR count). The molecular formula is C17H30N6O4. The maximum atomic E-state index is 12.7. The summed E-state index contributed by atoms with van der Waals surface area (Å²) in [5.41, 5.74) is 0.134. The minimum atomic E-state index is -0.584. The molecule has 27 heavy (non-hydrogen) atoms. The van der Waals surface area contributed by atoms with Gasteiger partial charge in [0.2, 0.25) is 11.7 Å². The fraction of sp³-hybridized carbons (Fsp3) is 0.765. The van der Waals surface area contributed by atoms with Crippen molar-refractivity contribution in [2.45, 2.75) is 39.2 Å². The molecule has 1 aliphatic rings. The molecule has 0 radical (unpaired) electrons. The van der Waals surface area contributed by atoms with Gasteiger partial charge in [0.25, 0.3) is 0 Å². The summed E-state index contributed by atoms with van der Waals surface area (Å²) in [6.07, 6.45) is 2.35. The van der Waals surface area contributed by atoms with Crippen molar-refractivity contribution in [3.8, 4) is 0 Å². The van der Waals surface area contributed by atoms with Gasteiger partial charge in [-0.1, -0.05) is 6.92 Å². The highest BCUT2D eigenvalue weighted by Crippen LogP contribution is 2.29. The second-order valence-corrected chi connectivity index (χ2v) is 7.17. The largest absolute Gasteiger partial charge is 0.384 e. The van der Waals surface area contributed by atoms with Gasteiger partial charge in [0.1, 0.15) is 11.7 Å². The van der Waals surface area contributed by atoms with Crippen molar-refractivity contribution < 1.29 is 14.5 Å². The third kappa shape index (κ3) is 4.95. The Morgan fingerprint density at radius 3 is 2.70 bits per heavy atom. The third-order valence-corrected chi connectivity index (χ3v) is 5.16. The highest BCUT2D eigenvalue weighted by atomic mass is 16.6. The molecule has 1 amide bonds. The van der Waals surface area contributed by atoms with Gasteiger partial charge in [-0.3, -0.25) is 14.9 Å². The molecule has 1 aromatic rings. The fourth-order valence-corrected chi connectivity index (χ4v) is 3.58. The molecule has 1 aliphatic heterocycles. The molecule has 10 heteroatoms. The molecule has 0 aliphatic carbocycles. The van der Waals surface area contributed by atoms with Crippen LogP contribution in [0.4, 0.5) is 11.5 Å². The van der Waals surface area contributed by atoms with Crippen LogP contribution in [0.15, 0.2) is 0 Å². The van der Waals surface area contributed by atoms with Gasteiger partial charge in [-0.2, -0.15) is 5.10 Å². The van der Waals surface area contributed by atoms with Crippen LogP contribution >= 0.6 is 0 Å². The van der Waals surface area contributed by atoms with Crippen LogP contribution in [0, 0.1) is 22.5 Å². The quantitative estimate of drug-likeness (QED) is 0.429. The molecule has 0 aromatic carbocycles. The van der Waals surface area contributed by atoms with Crippen LogP contribution in [0.2, 0.25) is 0 Å². The number of nitro groups is 1. The van der Waals surface area contributed by atoms with Crippen molar-refractivity contribution in [3.05, 3.63) is 15.8 Å². The predicted octanol–water partition coefficient (Wildman–Crippen LogP) is 0.960. The highest BCUT2D eigenvalue weighted by molar-refractivity contribution is 5.85. The number of carbonyl (C=O) groups is 1. The van der Waals surface area contributed by atoms with Crippen LogP contribution in [0.25, 0.3) is 0 Å². The van der Waals surface area contributed by atoms with Gasteiger partial charge in [-0.25, -0.2) is 4.68 Å². The molecule has 2 heterocycles. The molecule has 10 nitrogen and oxygen atoms in total. The standard InChI is InChI=1S/C17H30N6O4/c1-5-13(20-15-14(23(25)26)12(2)21-22(15)3)16(24)19-10-17(11-27-4)6-8-18-9-7-17/h13,18,20H,5-11H2,1-4H3,(H,19,24). The molecule has 0 bridgehead atoms. The Morgan fingerprint density at radius 1 is 1.48 bits per heavy atom. The Kier molecular flexibility index (Phi) is 7.14. The van der Waals surface area contributed by atoms with Crippen molar-refractivity contribution in [1.29, 1.82) is 0 Å². The Bertz CT molecular complexity index is 663. The number of amides is 1. The summed E-state index contributed by atoms with van der Waals surface area (Å²) in [4.78, 5) is 23.6. The van der Waals surface area contributed by atoms with E-state index in [0.29, 0.717) is 25.3 Å². The molecule has 1 atom stereocenters. The number of aryl methyl sites for hydroxylation is 2. The van der Waals surface area contributed by atoms with Crippen molar-refractivity contribution >= 4 is 17.4 Å². The number of anilines is 1. The van der Waals surface area contributed by atoms with Crippen LogP contribution in [-0.4, -0.2) is 60.0 Å². The van der Waals surface area contributed by atoms with E-state index in [1.807, 2.05) is 6.92 Å². The molecule has 3 N–H and O–H groups in total. The van der Waals surface area contributed by atoms with E-state index in [1.165, 1.54) is 4.68 Å². The molecular weight excluding hydrogens is 352 g/mol. The Morgan fingerprint density at radius 2 is 2.15 bits per heavy atom. The minimum absolute atomic E-state index is 0.0803. The molecule has 1 unspecified atom stereocenters. The summed E-state index contributed by atoms with van der Waals surface area (Å²) in [5.74, 6) is 0.0626. The number of methoxy groups -OCH3 is 1. The fourth-order valence-electron chi connectivity index (χ4n) is 3.58. The topological polar surface area (TPSA) is 123 Å². The van der Waals surface area contributed by atoms with Crippen LogP contribution in [0.5, 0.6) is 0 Å². The molecule has 1 aromatic heterocycles. The number of carbonyl (C=O) groups excluding carboxylic acids is 1. The third-order valence-electron chi connectivity index (χ3n) is 5.16. The number of ether oxygens (including phenoxy) is 1. The number of piperidine rings is 1. The van der Waals surface area contributed by atoms with Crippen LogP contribution < -0.4 is 16.0 Å². The lowest BCUT2D eigenvalue weighted by Gasteiger charge is -2.37. The first-order valence-electron chi connectivity index (χ1n) is 9.25. The number of hydrogen-bond donors (Lipinski definition) is 3. The normalized spacial score (nSPS) is 17.3. The summed E-state index contributed by atoms with van der Waals surface area (Å²) < 4.78 is 6.78. The van der Waals surface area contributed by atoms with Gasteiger partial charge in [-0.15, -0.1) is 0 Å². The van der Waals surface area contributed by atoms with Crippen LogP contribution in [-0.2, 0) is 16.6 Å². The molecule has 1 saturated heterocycles. The van der Waals surface area contributed by atoms with E-state index in [4.69, 9.17) is 4.74 Å².